The Morgan fingerprint density at radius 3 is 2.46 bits per heavy atom. The first-order valence-corrected chi connectivity index (χ1v) is 14.1. The van der Waals surface area contributed by atoms with Gasteiger partial charge in [0, 0.05) is 37.8 Å². The van der Waals surface area contributed by atoms with Crippen LogP contribution in [-0.2, 0) is 16.6 Å². The van der Waals surface area contributed by atoms with Gasteiger partial charge in [-0.25, -0.2) is 8.42 Å². The van der Waals surface area contributed by atoms with E-state index in [-0.39, 0.29) is 15.8 Å². The maximum atomic E-state index is 13.3. The van der Waals surface area contributed by atoms with E-state index in [4.69, 9.17) is 0 Å². The average Bonchev–Trinajstić information content (AvgIpc) is 3.12. The second kappa shape index (κ2) is 12.5. The highest BCUT2D eigenvalue weighted by molar-refractivity contribution is 7.89. The van der Waals surface area contributed by atoms with Crippen molar-refractivity contribution in [3.05, 3.63) is 52.8 Å². The number of pyridine rings is 1. The van der Waals surface area contributed by atoms with E-state index in [1.54, 1.807) is 30.6 Å². The zero-order valence-electron chi connectivity index (χ0n) is 21.0. The number of fused-ring (bicyclic) bond motifs is 1. The lowest BCUT2D eigenvalue weighted by Gasteiger charge is -2.20. The first-order valence-electron chi connectivity index (χ1n) is 12.6. The van der Waals surface area contributed by atoms with Crippen molar-refractivity contribution in [2.24, 2.45) is 0 Å². The number of rotatable bonds is 11. The van der Waals surface area contributed by atoms with Crippen LogP contribution >= 0.6 is 0 Å². The number of likely N-dealkylation sites (tertiary alicyclic amines) is 1. The lowest BCUT2D eigenvalue weighted by Crippen LogP contribution is -2.33. The van der Waals surface area contributed by atoms with E-state index in [9.17, 15) is 18.0 Å². The summed E-state index contributed by atoms with van der Waals surface area (Å²) in [7, 11) is -3.74. The summed E-state index contributed by atoms with van der Waals surface area (Å²) in [4.78, 5) is 28.8. The molecule has 2 heterocycles. The molecule has 1 aliphatic heterocycles. The number of carbonyl (C=O) groups excluding carboxylic acids is 1. The van der Waals surface area contributed by atoms with Gasteiger partial charge in [-0.3, -0.25) is 9.59 Å². The Balaban J connectivity index is 1.86. The van der Waals surface area contributed by atoms with Gasteiger partial charge in [0.05, 0.1) is 10.4 Å². The lowest BCUT2D eigenvalue weighted by molar-refractivity contribution is 0.0950. The number of benzene rings is 1. The van der Waals surface area contributed by atoms with E-state index >= 15 is 0 Å². The van der Waals surface area contributed by atoms with Crippen LogP contribution in [0.1, 0.15) is 56.3 Å². The molecule has 1 amide bonds. The number of nitrogens with zero attached hydrogens (tertiary/aromatic N) is 3. The molecule has 35 heavy (non-hydrogen) atoms. The quantitative estimate of drug-likeness (QED) is 0.376. The fourth-order valence-electron chi connectivity index (χ4n) is 4.66. The summed E-state index contributed by atoms with van der Waals surface area (Å²) in [5.41, 5.74) is 0.0968. The van der Waals surface area contributed by atoms with Crippen molar-refractivity contribution < 1.29 is 13.2 Å². The molecular formula is C26H38N4O4S. The Morgan fingerprint density at radius 1 is 1.14 bits per heavy atom. The van der Waals surface area contributed by atoms with Crippen LogP contribution in [0, 0.1) is 0 Å². The molecule has 0 saturated carbocycles. The highest BCUT2D eigenvalue weighted by Gasteiger charge is 2.23. The number of sulfonamides is 1. The highest BCUT2D eigenvalue weighted by Crippen LogP contribution is 2.21. The van der Waals surface area contributed by atoms with Gasteiger partial charge in [-0.2, -0.15) is 4.31 Å². The average molecular weight is 503 g/mol. The molecule has 0 bridgehead atoms. The third-order valence-electron chi connectivity index (χ3n) is 6.60. The Kier molecular flexibility index (Phi) is 9.65. The minimum absolute atomic E-state index is 0.00603. The fraction of sp³-hybridized carbons (Fsp3) is 0.538. The van der Waals surface area contributed by atoms with E-state index in [1.807, 2.05) is 0 Å². The van der Waals surface area contributed by atoms with Crippen LogP contribution in [0.5, 0.6) is 0 Å². The maximum absolute atomic E-state index is 13.3. The summed E-state index contributed by atoms with van der Waals surface area (Å²) in [6.07, 6.45) is 9.03. The third kappa shape index (κ3) is 6.39. The van der Waals surface area contributed by atoms with Gasteiger partial charge >= 0.3 is 0 Å². The van der Waals surface area contributed by atoms with Crippen LogP contribution in [0.15, 0.2) is 46.7 Å². The van der Waals surface area contributed by atoms with Crippen LogP contribution in [-0.4, -0.2) is 67.4 Å². The molecule has 1 aromatic carbocycles. The van der Waals surface area contributed by atoms with Gasteiger partial charge in [0.2, 0.25) is 15.5 Å². The van der Waals surface area contributed by atoms with E-state index in [0.29, 0.717) is 31.7 Å². The van der Waals surface area contributed by atoms with Crippen molar-refractivity contribution in [1.82, 2.24) is 19.1 Å². The number of nitrogens with one attached hydrogen (secondary N) is 1. The minimum atomic E-state index is -3.74. The van der Waals surface area contributed by atoms with Crippen molar-refractivity contribution in [2.45, 2.75) is 57.4 Å². The second-order valence-electron chi connectivity index (χ2n) is 8.95. The Morgan fingerprint density at radius 2 is 1.83 bits per heavy atom. The van der Waals surface area contributed by atoms with Crippen LogP contribution in [0.2, 0.25) is 0 Å². The summed E-state index contributed by atoms with van der Waals surface area (Å²) >= 11 is 0. The van der Waals surface area contributed by atoms with Crippen molar-refractivity contribution >= 4 is 26.8 Å². The van der Waals surface area contributed by atoms with Gasteiger partial charge in [-0.15, -0.1) is 6.58 Å². The second-order valence-corrected chi connectivity index (χ2v) is 10.9. The molecule has 0 aliphatic carbocycles. The first kappa shape index (κ1) is 27.1. The largest absolute Gasteiger partial charge is 0.352 e. The molecule has 1 fully saturated rings. The summed E-state index contributed by atoms with van der Waals surface area (Å²) in [6.45, 7) is 12.0. The zero-order chi connectivity index (χ0) is 25.4. The van der Waals surface area contributed by atoms with Gasteiger partial charge < -0.3 is 14.8 Å². The number of carbonyl (C=O) groups is 1. The molecule has 1 N–H and O–H groups in total. The summed E-state index contributed by atoms with van der Waals surface area (Å²) in [5.74, 6) is -0.442. The molecule has 0 atom stereocenters. The molecule has 9 heteroatoms. The van der Waals surface area contributed by atoms with Crippen LogP contribution in [0.3, 0.4) is 0 Å². The predicted molar refractivity (Wildman–Crippen MR) is 140 cm³/mol. The number of hydrogen-bond donors (Lipinski definition) is 1. The lowest BCUT2D eigenvalue weighted by atomic mass is 10.1. The van der Waals surface area contributed by atoms with Gasteiger partial charge in [-0.05, 0) is 57.1 Å². The molecule has 0 spiro atoms. The fourth-order valence-corrected chi connectivity index (χ4v) is 6.15. The Labute approximate surface area is 208 Å². The van der Waals surface area contributed by atoms with Crippen LogP contribution < -0.4 is 10.7 Å². The van der Waals surface area contributed by atoms with Crippen molar-refractivity contribution in [2.75, 3.05) is 39.3 Å². The third-order valence-corrected chi connectivity index (χ3v) is 8.65. The van der Waals surface area contributed by atoms with Crippen molar-refractivity contribution in [1.29, 1.82) is 0 Å². The summed E-state index contributed by atoms with van der Waals surface area (Å²) in [5, 5.41) is 3.08. The molecule has 3 rings (SSSR count). The standard InChI is InChI=1S/C26H38N4O4S/c1-4-15-29-20-23(26(32)27-14-11-18-28-16-9-7-8-10-17-28)25(31)22-19-21(12-13-24(22)29)35(33,34)30(5-2)6-3/h4,12-13,19-20H,1,5-11,14-18H2,2-3H3,(H,27,32). The Hall–Kier alpha value is -2.49. The summed E-state index contributed by atoms with van der Waals surface area (Å²) < 4.78 is 29.1. The molecule has 8 nitrogen and oxygen atoms in total. The molecule has 1 aliphatic rings. The maximum Gasteiger partial charge on any atom is 0.256 e. The molecule has 0 radical (unpaired) electrons. The van der Waals surface area contributed by atoms with E-state index in [0.717, 1.165) is 26.1 Å². The van der Waals surface area contributed by atoms with Gasteiger partial charge in [0.15, 0.2) is 0 Å². The topological polar surface area (TPSA) is 91.7 Å². The first-order chi connectivity index (χ1) is 16.8. The van der Waals surface area contributed by atoms with Crippen LogP contribution in [0.25, 0.3) is 10.9 Å². The number of amides is 1. The number of aromatic nitrogens is 1. The monoisotopic (exact) mass is 502 g/mol. The van der Waals surface area contributed by atoms with E-state index in [1.165, 1.54) is 48.3 Å². The van der Waals surface area contributed by atoms with Gasteiger partial charge in [0.25, 0.3) is 5.91 Å². The normalized spacial score (nSPS) is 15.3. The molecule has 192 valence electrons. The SMILES string of the molecule is C=CCn1cc(C(=O)NCCCN2CCCCCC2)c(=O)c2cc(S(=O)(=O)N(CC)CC)ccc21. The van der Waals surface area contributed by atoms with E-state index in [2.05, 4.69) is 16.8 Å². The highest BCUT2D eigenvalue weighted by atomic mass is 32.2. The minimum Gasteiger partial charge on any atom is -0.352 e. The number of allylic oxidation sites excluding steroid dienone is 1. The Bertz CT molecular complexity index is 1190. The predicted octanol–water partition coefficient (Wildman–Crippen LogP) is 3.21. The van der Waals surface area contributed by atoms with E-state index < -0.39 is 21.4 Å². The molecule has 0 unspecified atom stereocenters. The smallest absolute Gasteiger partial charge is 0.256 e. The number of hydrogen-bond acceptors (Lipinski definition) is 5. The zero-order valence-corrected chi connectivity index (χ0v) is 21.8. The van der Waals surface area contributed by atoms with Crippen molar-refractivity contribution in [3.63, 3.8) is 0 Å². The van der Waals surface area contributed by atoms with Gasteiger partial charge in [-0.1, -0.05) is 32.8 Å². The summed E-state index contributed by atoms with van der Waals surface area (Å²) in [6, 6.07) is 4.53. The van der Waals surface area contributed by atoms with Crippen LogP contribution in [0.4, 0.5) is 0 Å². The molecule has 2 aromatic rings. The molecular weight excluding hydrogens is 464 g/mol. The van der Waals surface area contributed by atoms with Crippen molar-refractivity contribution in [3.8, 4) is 0 Å². The molecule has 1 saturated heterocycles. The molecule has 1 aromatic heterocycles. The van der Waals surface area contributed by atoms with Gasteiger partial charge in [0.1, 0.15) is 5.56 Å².